The van der Waals surface area contributed by atoms with Gasteiger partial charge in [-0.1, -0.05) is 30.0 Å². The molecule has 0 amide bonds. The van der Waals surface area contributed by atoms with E-state index in [9.17, 15) is 13.6 Å². The number of nitrogens with zero attached hydrogens (tertiary/aromatic N) is 2. The number of benzene rings is 2. The first-order chi connectivity index (χ1) is 14.4. The van der Waals surface area contributed by atoms with Gasteiger partial charge in [0, 0.05) is 12.9 Å². The summed E-state index contributed by atoms with van der Waals surface area (Å²) in [5.74, 6) is 0.635. The molecule has 0 unspecified atom stereocenters. The van der Waals surface area contributed by atoms with Gasteiger partial charge in [0.25, 0.3) is 5.56 Å². The van der Waals surface area contributed by atoms with Gasteiger partial charge in [0.15, 0.2) is 16.7 Å². The Morgan fingerprint density at radius 3 is 2.60 bits per heavy atom. The maximum absolute atomic E-state index is 13.1. The second kappa shape index (κ2) is 9.90. The number of hydrogen-bond donors (Lipinski definition) is 0. The van der Waals surface area contributed by atoms with Crippen molar-refractivity contribution in [2.24, 2.45) is 0 Å². The standard InChI is InChI=1S/C21H22F2N2O4S/c1-13(11-27-2)25-19(26)15-6-4-5-7-16(15)24-21(25)30-12-14-8-9-17(29-20(22)23)18(10-14)28-3/h4-10,13,20H,11-12H2,1-3H3/t13-/m0/s1. The average molecular weight is 436 g/mol. The average Bonchev–Trinajstić information content (AvgIpc) is 2.72. The first-order valence-corrected chi connectivity index (χ1v) is 10.2. The van der Waals surface area contributed by atoms with Crippen molar-refractivity contribution in [1.29, 1.82) is 0 Å². The summed E-state index contributed by atoms with van der Waals surface area (Å²) < 4.78 is 41.5. The summed E-state index contributed by atoms with van der Waals surface area (Å²) in [5, 5.41) is 1.09. The molecular formula is C21H22F2N2O4S. The predicted octanol–water partition coefficient (Wildman–Crippen LogP) is 4.51. The van der Waals surface area contributed by atoms with E-state index in [0.717, 1.165) is 5.56 Å². The molecule has 0 aliphatic carbocycles. The molecular weight excluding hydrogens is 414 g/mol. The molecule has 3 aromatic rings. The van der Waals surface area contributed by atoms with Gasteiger partial charge in [-0.25, -0.2) is 4.98 Å². The summed E-state index contributed by atoms with van der Waals surface area (Å²) in [6.45, 7) is -0.677. The van der Waals surface area contributed by atoms with E-state index in [4.69, 9.17) is 9.47 Å². The van der Waals surface area contributed by atoms with Crippen LogP contribution in [0.3, 0.4) is 0 Å². The molecule has 3 rings (SSSR count). The zero-order valence-electron chi connectivity index (χ0n) is 16.8. The van der Waals surface area contributed by atoms with Crippen molar-refractivity contribution in [2.45, 2.75) is 30.5 Å². The highest BCUT2D eigenvalue weighted by molar-refractivity contribution is 7.98. The normalized spacial score (nSPS) is 12.3. The lowest BCUT2D eigenvalue weighted by Crippen LogP contribution is -2.28. The monoisotopic (exact) mass is 436 g/mol. The lowest BCUT2D eigenvalue weighted by atomic mass is 10.2. The molecule has 0 fully saturated rings. The van der Waals surface area contributed by atoms with Crippen LogP contribution in [0.1, 0.15) is 18.5 Å². The fourth-order valence-electron chi connectivity index (χ4n) is 3.07. The highest BCUT2D eigenvalue weighted by Gasteiger charge is 2.17. The summed E-state index contributed by atoms with van der Waals surface area (Å²) in [4.78, 5) is 17.7. The lowest BCUT2D eigenvalue weighted by molar-refractivity contribution is -0.0512. The summed E-state index contributed by atoms with van der Waals surface area (Å²) in [7, 11) is 2.97. The van der Waals surface area contributed by atoms with Crippen LogP contribution in [0.15, 0.2) is 52.4 Å². The fraction of sp³-hybridized carbons (Fsp3) is 0.333. The molecule has 1 heterocycles. The number of halogens is 2. The number of rotatable bonds is 9. The molecule has 0 aliphatic rings. The Morgan fingerprint density at radius 1 is 1.13 bits per heavy atom. The quantitative estimate of drug-likeness (QED) is 0.363. The van der Waals surface area contributed by atoms with Gasteiger partial charge in [-0.2, -0.15) is 8.78 Å². The van der Waals surface area contributed by atoms with Crippen LogP contribution in [-0.2, 0) is 10.5 Å². The number of methoxy groups -OCH3 is 2. The second-order valence-electron chi connectivity index (χ2n) is 6.54. The Hall–Kier alpha value is -2.65. The molecule has 0 N–H and O–H groups in total. The number of para-hydroxylation sites is 1. The number of fused-ring (bicyclic) bond motifs is 1. The van der Waals surface area contributed by atoms with Crippen molar-refractivity contribution < 1.29 is 23.0 Å². The molecule has 0 radical (unpaired) electrons. The SMILES string of the molecule is COC[C@H](C)n1c(SCc2ccc(OC(F)F)c(OC)c2)nc2ccccc2c1=O. The van der Waals surface area contributed by atoms with Crippen molar-refractivity contribution in [3.8, 4) is 11.5 Å². The molecule has 2 aromatic carbocycles. The first kappa shape index (κ1) is 22.0. The van der Waals surface area contributed by atoms with Crippen LogP contribution < -0.4 is 15.0 Å². The smallest absolute Gasteiger partial charge is 0.387 e. The summed E-state index contributed by atoms with van der Waals surface area (Å²) in [5.41, 5.74) is 1.29. The second-order valence-corrected chi connectivity index (χ2v) is 7.49. The summed E-state index contributed by atoms with van der Waals surface area (Å²) in [6, 6.07) is 11.7. The molecule has 0 saturated heterocycles. The van der Waals surface area contributed by atoms with Crippen LogP contribution in [0, 0.1) is 0 Å². The number of hydrogen-bond acceptors (Lipinski definition) is 6. The number of thioether (sulfide) groups is 1. The zero-order valence-corrected chi connectivity index (χ0v) is 17.6. The van der Waals surface area contributed by atoms with Crippen LogP contribution in [0.5, 0.6) is 11.5 Å². The fourth-order valence-corrected chi connectivity index (χ4v) is 4.11. The predicted molar refractivity (Wildman–Crippen MR) is 112 cm³/mol. The first-order valence-electron chi connectivity index (χ1n) is 9.19. The van der Waals surface area contributed by atoms with E-state index in [2.05, 4.69) is 9.72 Å². The topological polar surface area (TPSA) is 62.6 Å². The van der Waals surface area contributed by atoms with Crippen molar-refractivity contribution in [3.63, 3.8) is 0 Å². The van der Waals surface area contributed by atoms with Crippen LogP contribution >= 0.6 is 11.8 Å². The highest BCUT2D eigenvalue weighted by Crippen LogP contribution is 2.32. The number of ether oxygens (including phenoxy) is 3. The van der Waals surface area contributed by atoms with E-state index >= 15 is 0 Å². The molecule has 0 bridgehead atoms. The van der Waals surface area contributed by atoms with E-state index in [1.54, 1.807) is 42.0 Å². The highest BCUT2D eigenvalue weighted by atomic mass is 32.2. The van der Waals surface area contributed by atoms with E-state index in [1.807, 2.05) is 13.0 Å². The molecule has 9 heteroatoms. The number of alkyl halides is 2. The molecule has 1 atom stereocenters. The molecule has 0 spiro atoms. The minimum atomic E-state index is -2.93. The third kappa shape index (κ3) is 4.91. The maximum atomic E-state index is 13.1. The molecule has 0 saturated carbocycles. The summed E-state index contributed by atoms with van der Waals surface area (Å²) >= 11 is 1.37. The minimum absolute atomic E-state index is 0.0318. The van der Waals surface area contributed by atoms with E-state index in [0.29, 0.717) is 28.4 Å². The van der Waals surface area contributed by atoms with Crippen molar-refractivity contribution in [3.05, 3.63) is 58.4 Å². The third-order valence-corrected chi connectivity index (χ3v) is 5.46. The van der Waals surface area contributed by atoms with Crippen molar-refractivity contribution in [2.75, 3.05) is 20.8 Å². The Bertz CT molecular complexity index is 1070. The van der Waals surface area contributed by atoms with Gasteiger partial charge >= 0.3 is 6.61 Å². The molecule has 6 nitrogen and oxygen atoms in total. The summed E-state index contributed by atoms with van der Waals surface area (Å²) in [6.07, 6.45) is 0. The minimum Gasteiger partial charge on any atom is -0.493 e. The molecule has 0 aliphatic heterocycles. The van der Waals surface area contributed by atoms with E-state index in [-0.39, 0.29) is 23.1 Å². The Morgan fingerprint density at radius 2 is 1.90 bits per heavy atom. The van der Waals surface area contributed by atoms with Gasteiger partial charge in [-0.05, 0) is 36.8 Å². The van der Waals surface area contributed by atoms with E-state index < -0.39 is 6.61 Å². The van der Waals surface area contributed by atoms with Gasteiger partial charge in [-0.3, -0.25) is 9.36 Å². The lowest BCUT2D eigenvalue weighted by Gasteiger charge is -2.19. The Labute approximate surface area is 176 Å². The Kier molecular flexibility index (Phi) is 7.28. The molecule has 1 aromatic heterocycles. The van der Waals surface area contributed by atoms with Gasteiger partial charge < -0.3 is 14.2 Å². The Balaban J connectivity index is 1.93. The largest absolute Gasteiger partial charge is 0.493 e. The van der Waals surface area contributed by atoms with Gasteiger partial charge in [-0.15, -0.1) is 0 Å². The van der Waals surface area contributed by atoms with Gasteiger partial charge in [0.1, 0.15) is 0 Å². The van der Waals surface area contributed by atoms with Gasteiger partial charge in [0.2, 0.25) is 0 Å². The van der Waals surface area contributed by atoms with Crippen LogP contribution in [0.2, 0.25) is 0 Å². The zero-order chi connectivity index (χ0) is 21.7. The van der Waals surface area contributed by atoms with Gasteiger partial charge in [0.05, 0.1) is 30.7 Å². The maximum Gasteiger partial charge on any atom is 0.387 e. The van der Waals surface area contributed by atoms with E-state index in [1.165, 1.54) is 24.9 Å². The van der Waals surface area contributed by atoms with Crippen LogP contribution in [-0.4, -0.2) is 37.0 Å². The van der Waals surface area contributed by atoms with Crippen LogP contribution in [0.4, 0.5) is 8.78 Å². The molecule has 160 valence electrons. The number of aromatic nitrogens is 2. The third-order valence-electron chi connectivity index (χ3n) is 4.44. The van der Waals surface area contributed by atoms with Crippen LogP contribution in [0.25, 0.3) is 10.9 Å². The van der Waals surface area contributed by atoms with Crippen molar-refractivity contribution >= 4 is 22.7 Å². The van der Waals surface area contributed by atoms with Crippen molar-refractivity contribution in [1.82, 2.24) is 9.55 Å². The molecule has 30 heavy (non-hydrogen) atoms.